The Bertz CT molecular complexity index is 376. The van der Waals surface area contributed by atoms with Gasteiger partial charge in [-0.3, -0.25) is 0 Å². The second kappa shape index (κ2) is 4.14. The molecule has 1 atom stereocenters. The van der Waals surface area contributed by atoms with E-state index in [1.54, 1.807) is 0 Å². The van der Waals surface area contributed by atoms with Crippen LogP contribution in [0.1, 0.15) is 18.1 Å². The lowest BCUT2D eigenvalue weighted by molar-refractivity contribution is 0.563. The summed E-state index contributed by atoms with van der Waals surface area (Å²) in [5.74, 6) is 0. The molecule has 3 heteroatoms. The Kier molecular flexibility index (Phi) is 3.03. The Balaban J connectivity index is 2.48. The van der Waals surface area contributed by atoms with Crippen molar-refractivity contribution < 1.29 is 0 Å². The first-order valence-corrected chi connectivity index (χ1v) is 6.11. The molecule has 15 heavy (non-hydrogen) atoms. The number of aryl methyl sites for hydroxylation is 1. The highest BCUT2D eigenvalue weighted by atomic mass is 79.9. The average molecular weight is 269 g/mol. The summed E-state index contributed by atoms with van der Waals surface area (Å²) >= 11 is 3.56. The van der Waals surface area contributed by atoms with Crippen molar-refractivity contribution in [1.29, 1.82) is 0 Å². The fraction of sp³-hybridized carbons (Fsp3) is 0.500. The van der Waals surface area contributed by atoms with Crippen molar-refractivity contribution in [1.82, 2.24) is 5.32 Å². The summed E-state index contributed by atoms with van der Waals surface area (Å²) in [5.41, 5.74) is 4.11. The molecule has 0 aromatic heterocycles. The predicted molar refractivity (Wildman–Crippen MR) is 68.5 cm³/mol. The third kappa shape index (κ3) is 2.18. The number of benzene rings is 1. The lowest BCUT2D eigenvalue weighted by Crippen LogP contribution is -2.33. The molecule has 1 heterocycles. The molecule has 2 nitrogen and oxygen atoms in total. The van der Waals surface area contributed by atoms with Crippen molar-refractivity contribution in [3.8, 4) is 0 Å². The van der Waals surface area contributed by atoms with Crippen molar-refractivity contribution in [3.63, 3.8) is 0 Å². The van der Waals surface area contributed by atoms with E-state index in [-0.39, 0.29) is 0 Å². The fourth-order valence-electron chi connectivity index (χ4n) is 2.34. The van der Waals surface area contributed by atoms with E-state index in [4.69, 9.17) is 0 Å². The highest BCUT2D eigenvalue weighted by Crippen LogP contribution is 2.30. The number of anilines is 1. The molecule has 0 fully saturated rings. The summed E-state index contributed by atoms with van der Waals surface area (Å²) in [6, 6.07) is 4.94. The molecule has 1 aliphatic rings. The third-order valence-electron chi connectivity index (χ3n) is 2.91. The standard InChI is InChI=1S/C12H17BrN2/c1-8-4-11(13)5-10-6-14-9(2)7-15(3)12(8)10/h4-5,9,14H,6-7H2,1-3H3. The van der Waals surface area contributed by atoms with Gasteiger partial charge in [0.25, 0.3) is 0 Å². The van der Waals surface area contributed by atoms with Crippen LogP contribution in [0.4, 0.5) is 5.69 Å². The Morgan fingerprint density at radius 1 is 1.47 bits per heavy atom. The molecule has 0 aliphatic carbocycles. The fourth-order valence-corrected chi connectivity index (χ4v) is 2.96. The summed E-state index contributed by atoms with van der Waals surface area (Å²) < 4.78 is 1.17. The van der Waals surface area contributed by atoms with Crippen molar-refractivity contribution in [2.45, 2.75) is 26.4 Å². The summed E-state index contributed by atoms with van der Waals surface area (Å²) in [4.78, 5) is 2.35. The van der Waals surface area contributed by atoms with Crippen LogP contribution >= 0.6 is 15.9 Å². The van der Waals surface area contributed by atoms with E-state index in [9.17, 15) is 0 Å². The Labute approximate surface area is 99.8 Å². The monoisotopic (exact) mass is 268 g/mol. The van der Waals surface area contributed by atoms with Gasteiger partial charge in [0, 0.05) is 36.3 Å². The Morgan fingerprint density at radius 3 is 2.93 bits per heavy atom. The van der Waals surface area contributed by atoms with E-state index in [0.717, 1.165) is 13.1 Å². The number of rotatable bonds is 0. The van der Waals surface area contributed by atoms with Crippen LogP contribution in [0.15, 0.2) is 16.6 Å². The summed E-state index contributed by atoms with van der Waals surface area (Å²) in [6.45, 7) is 6.43. The van der Waals surface area contributed by atoms with Crippen molar-refractivity contribution in [3.05, 3.63) is 27.7 Å². The van der Waals surface area contributed by atoms with Crippen LogP contribution in [-0.4, -0.2) is 19.6 Å². The van der Waals surface area contributed by atoms with Gasteiger partial charge in [-0.2, -0.15) is 0 Å². The molecular weight excluding hydrogens is 252 g/mol. The van der Waals surface area contributed by atoms with E-state index < -0.39 is 0 Å². The van der Waals surface area contributed by atoms with Gasteiger partial charge in [-0.1, -0.05) is 15.9 Å². The number of hydrogen-bond acceptors (Lipinski definition) is 2. The molecule has 1 aromatic rings. The van der Waals surface area contributed by atoms with E-state index >= 15 is 0 Å². The van der Waals surface area contributed by atoms with E-state index in [1.165, 1.54) is 21.3 Å². The maximum atomic E-state index is 3.56. The molecule has 1 aliphatic heterocycles. The van der Waals surface area contributed by atoms with Crippen molar-refractivity contribution in [2.24, 2.45) is 0 Å². The molecule has 1 aromatic carbocycles. The van der Waals surface area contributed by atoms with E-state index in [0.29, 0.717) is 6.04 Å². The van der Waals surface area contributed by atoms with Crippen molar-refractivity contribution in [2.75, 3.05) is 18.5 Å². The van der Waals surface area contributed by atoms with Crippen LogP contribution in [0.3, 0.4) is 0 Å². The molecular formula is C12H17BrN2. The van der Waals surface area contributed by atoms with Gasteiger partial charge in [0.2, 0.25) is 0 Å². The van der Waals surface area contributed by atoms with Crippen LogP contribution in [0.5, 0.6) is 0 Å². The minimum Gasteiger partial charge on any atom is -0.373 e. The molecule has 0 saturated heterocycles. The lowest BCUT2D eigenvalue weighted by Gasteiger charge is -2.23. The number of nitrogens with zero attached hydrogens (tertiary/aromatic N) is 1. The summed E-state index contributed by atoms with van der Waals surface area (Å²) in [7, 11) is 2.17. The molecule has 1 unspecified atom stereocenters. The van der Waals surface area contributed by atoms with Gasteiger partial charge < -0.3 is 10.2 Å². The summed E-state index contributed by atoms with van der Waals surface area (Å²) in [5, 5.41) is 3.52. The lowest BCUT2D eigenvalue weighted by atomic mass is 10.1. The van der Waals surface area contributed by atoms with Crippen LogP contribution in [0, 0.1) is 6.92 Å². The second-order valence-corrected chi connectivity index (χ2v) is 5.31. The Morgan fingerprint density at radius 2 is 2.20 bits per heavy atom. The number of likely N-dealkylation sites (N-methyl/N-ethyl adjacent to an activating group) is 1. The molecule has 0 radical (unpaired) electrons. The molecule has 0 spiro atoms. The van der Waals surface area contributed by atoms with Gasteiger partial charge in [-0.05, 0) is 37.1 Å². The highest BCUT2D eigenvalue weighted by molar-refractivity contribution is 9.10. The van der Waals surface area contributed by atoms with Gasteiger partial charge in [-0.15, -0.1) is 0 Å². The van der Waals surface area contributed by atoms with Gasteiger partial charge in [0.15, 0.2) is 0 Å². The molecule has 1 N–H and O–H groups in total. The number of halogens is 1. The topological polar surface area (TPSA) is 15.3 Å². The highest BCUT2D eigenvalue weighted by Gasteiger charge is 2.18. The quantitative estimate of drug-likeness (QED) is 0.779. The zero-order valence-corrected chi connectivity index (χ0v) is 11.1. The van der Waals surface area contributed by atoms with Crippen LogP contribution in [0.25, 0.3) is 0 Å². The minimum atomic E-state index is 0.542. The number of nitrogens with one attached hydrogen (secondary N) is 1. The molecule has 82 valence electrons. The number of fused-ring (bicyclic) bond motifs is 1. The zero-order chi connectivity index (χ0) is 11.0. The zero-order valence-electron chi connectivity index (χ0n) is 9.47. The van der Waals surface area contributed by atoms with Gasteiger partial charge in [0.05, 0.1) is 0 Å². The first-order valence-electron chi connectivity index (χ1n) is 5.31. The smallest absolute Gasteiger partial charge is 0.0440 e. The minimum absolute atomic E-state index is 0.542. The molecule has 0 bridgehead atoms. The Hall–Kier alpha value is -0.540. The second-order valence-electron chi connectivity index (χ2n) is 4.39. The van der Waals surface area contributed by atoms with Gasteiger partial charge in [0.1, 0.15) is 0 Å². The predicted octanol–water partition coefficient (Wildman–Crippen LogP) is 2.69. The number of hydrogen-bond donors (Lipinski definition) is 1. The third-order valence-corrected chi connectivity index (χ3v) is 3.37. The maximum absolute atomic E-state index is 3.56. The molecule has 0 amide bonds. The normalized spacial score (nSPS) is 21.1. The van der Waals surface area contributed by atoms with Gasteiger partial charge >= 0.3 is 0 Å². The SMILES string of the molecule is Cc1cc(Br)cc2c1N(C)CC(C)NC2. The molecule has 0 saturated carbocycles. The average Bonchev–Trinajstić information content (AvgIpc) is 2.25. The first kappa shape index (κ1) is 11.0. The molecule has 2 rings (SSSR count). The van der Waals surface area contributed by atoms with Crippen LogP contribution in [-0.2, 0) is 6.54 Å². The maximum Gasteiger partial charge on any atom is 0.0440 e. The van der Waals surface area contributed by atoms with E-state index in [1.807, 2.05) is 0 Å². The largest absolute Gasteiger partial charge is 0.373 e. The van der Waals surface area contributed by atoms with E-state index in [2.05, 4.69) is 59.2 Å². The summed E-state index contributed by atoms with van der Waals surface area (Å²) in [6.07, 6.45) is 0. The first-order chi connectivity index (χ1) is 7.08. The van der Waals surface area contributed by atoms with Crippen LogP contribution in [0.2, 0.25) is 0 Å². The van der Waals surface area contributed by atoms with Crippen molar-refractivity contribution >= 4 is 21.6 Å². The van der Waals surface area contributed by atoms with Gasteiger partial charge in [-0.25, -0.2) is 0 Å². The van der Waals surface area contributed by atoms with Crippen LogP contribution < -0.4 is 10.2 Å².